The molecule has 0 aliphatic rings. The molecule has 0 heterocycles. The second kappa shape index (κ2) is 34.1. The Morgan fingerprint density at radius 3 is 1.19 bits per heavy atom. The maximum Gasteiger partial charge on any atom is 0.311 e. The van der Waals surface area contributed by atoms with Crippen molar-refractivity contribution in [3.05, 3.63) is 47.5 Å². The highest BCUT2D eigenvalue weighted by Gasteiger charge is 2.18. The van der Waals surface area contributed by atoms with Gasteiger partial charge in [0.25, 0.3) is 0 Å². The van der Waals surface area contributed by atoms with Crippen molar-refractivity contribution in [1.29, 1.82) is 0 Å². The van der Waals surface area contributed by atoms with Crippen LogP contribution in [0.1, 0.15) is 236 Å². The highest BCUT2D eigenvalue weighted by atomic mass is 16.5. The molecule has 0 unspecified atom stereocenters. The van der Waals surface area contributed by atoms with Gasteiger partial charge in [0.15, 0.2) is 5.78 Å². The van der Waals surface area contributed by atoms with Gasteiger partial charge >= 0.3 is 17.9 Å². The molecule has 0 fully saturated rings. The molecule has 2 rings (SSSR count). The summed E-state index contributed by atoms with van der Waals surface area (Å²) in [7, 11) is 0. The van der Waals surface area contributed by atoms with Crippen molar-refractivity contribution < 1.29 is 38.5 Å². The summed E-state index contributed by atoms with van der Waals surface area (Å²) in [5.74, 6) is -0.843. The van der Waals surface area contributed by atoms with E-state index in [2.05, 4.69) is 20.8 Å². The van der Waals surface area contributed by atoms with Crippen molar-refractivity contribution in [2.24, 2.45) is 0 Å². The predicted octanol–water partition coefficient (Wildman–Crippen LogP) is 14.7. The number of carbonyl (C=O) groups excluding carboxylic acids is 4. The summed E-state index contributed by atoms with van der Waals surface area (Å²) >= 11 is 0. The summed E-state index contributed by atoms with van der Waals surface area (Å²) in [6.07, 6.45) is 32.2. The fourth-order valence-electron chi connectivity index (χ4n) is 7.37. The second-order valence-electron chi connectivity index (χ2n) is 16.5. The lowest BCUT2D eigenvalue weighted by molar-refractivity contribution is -0.135. The van der Waals surface area contributed by atoms with E-state index < -0.39 is 0 Å². The Morgan fingerprint density at radius 1 is 0.424 bits per heavy atom. The molecule has 59 heavy (non-hydrogen) atoms. The van der Waals surface area contributed by atoms with E-state index in [0.29, 0.717) is 24.2 Å². The summed E-state index contributed by atoms with van der Waals surface area (Å²) in [5.41, 5.74) is 0.744. The molecule has 0 radical (unpaired) electrons. The van der Waals surface area contributed by atoms with Gasteiger partial charge in [-0.25, -0.2) is 0 Å². The number of Topliss-reactive ketones (excluding diaryl/α,β-unsaturated/α-hetero) is 1. The van der Waals surface area contributed by atoms with Crippen LogP contribution in [0, 0.1) is 0 Å². The van der Waals surface area contributed by atoms with E-state index >= 15 is 0 Å². The zero-order valence-corrected chi connectivity index (χ0v) is 37.4. The lowest BCUT2D eigenvalue weighted by Crippen LogP contribution is -2.11. The number of rotatable bonds is 37. The minimum absolute atomic E-state index is 0.0336. The summed E-state index contributed by atoms with van der Waals surface area (Å²) in [6, 6.07) is 9.27. The molecule has 0 aliphatic heterocycles. The molecule has 8 heteroatoms. The maximum absolute atomic E-state index is 13.3. The third-order valence-electron chi connectivity index (χ3n) is 11.1. The van der Waals surface area contributed by atoms with Gasteiger partial charge in [-0.15, -0.1) is 0 Å². The Kier molecular flexibility index (Phi) is 29.7. The largest absolute Gasteiger partial charge is 0.507 e. The van der Waals surface area contributed by atoms with Crippen LogP contribution >= 0.6 is 0 Å². The molecule has 0 atom stereocenters. The van der Waals surface area contributed by atoms with Gasteiger partial charge in [-0.1, -0.05) is 181 Å². The molecular weight excluding hydrogens is 741 g/mol. The van der Waals surface area contributed by atoms with E-state index in [4.69, 9.17) is 14.2 Å². The maximum atomic E-state index is 13.3. The van der Waals surface area contributed by atoms with Crippen molar-refractivity contribution in [2.75, 3.05) is 0 Å². The summed E-state index contributed by atoms with van der Waals surface area (Å²) in [5, 5.41) is 10.7. The molecule has 0 amide bonds. The van der Waals surface area contributed by atoms with Crippen molar-refractivity contribution in [2.45, 2.75) is 226 Å². The van der Waals surface area contributed by atoms with Crippen LogP contribution in [-0.4, -0.2) is 28.8 Å². The first-order valence-electron chi connectivity index (χ1n) is 23.9. The number of unbranched alkanes of at least 4 members (excludes halogenated alkanes) is 24. The van der Waals surface area contributed by atoms with E-state index in [-0.39, 0.29) is 65.8 Å². The molecule has 8 nitrogen and oxygen atoms in total. The smallest absolute Gasteiger partial charge is 0.311 e. The number of benzene rings is 2. The molecule has 0 saturated carbocycles. The van der Waals surface area contributed by atoms with Gasteiger partial charge in [0, 0.05) is 37.8 Å². The van der Waals surface area contributed by atoms with Crippen LogP contribution in [0.25, 0.3) is 0 Å². The fourth-order valence-corrected chi connectivity index (χ4v) is 7.37. The SMILES string of the molecule is CCCCCCCCCCCC(=O)Oc1ccc(C(=O)CCc2ccc(OC(=O)CCCCCCCCCCC)cc2OC(=O)CCCCCCCCCCC)c(O)c1. The van der Waals surface area contributed by atoms with Crippen molar-refractivity contribution in [3.63, 3.8) is 0 Å². The normalized spacial score (nSPS) is 11.1. The number of ketones is 1. The van der Waals surface area contributed by atoms with Gasteiger partial charge in [0.05, 0.1) is 5.56 Å². The van der Waals surface area contributed by atoms with Crippen molar-refractivity contribution in [1.82, 2.24) is 0 Å². The first kappa shape index (κ1) is 51.5. The minimum Gasteiger partial charge on any atom is -0.507 e. The van der Waals surface area contributed by atoms with E-state index in [1.165, 1.54) is 134 Å². The Labute approximate surface area is 358 Å². The number of carbonyl (C=O) groups is 4. The molecule has 0 aliphatic carbocycles. The van der Waals surface area contributed by atoms with Crippen LogP contribution in [0.15, 0.2) is 36.4 Å². The zero-order valence-electron chi connectivity index (χ0n) is 37.4. The highest BCUT2D eigenvalue weighted by Crippen LogP contribution is 2.30. The molecule has 0 saturated heterocycles. The monoisotopic (exact) mass is 821 g/mol. The van der Waals surface area contributed by atoms with E-state index in [9.17, 15) is 24.3 Å². The number of hydrogen-bond acceptors (Lipinski definition) is 8. The van der Waals surface area contributed by atoms with Crippen LogP contribution in [0.2, 0.25) is 0 Å². The third-order valence-corrected chi connectivity index (χ3v) is 11.1. The van der Waals surface area contributed by atoms with Crippen LogP contribution in [0.5, 0.6) is 23.0 Å². The van der Waals surface area contributed by atoms with Gasteiger partial charge in [-0.05, 0) is 49.4 Å². The molecule has 0 aromatic heterocycles. The Balaban J connectivity index is 1.92. The summed E-state index contributed by atoms with van der Waals surface area (Å²) in [4.78, 5) is 51.4. The van der Waals surface area contributed by atoms with Gasteiger partial charge in [0.1, 0.15) is 23.0 Å². The van der Waals surface area contributed by atoms with Crippen molar-refractivity contribution in [3.8, 4) is 23.0 Å². The molecule has 2 aromatic rings. The minimum atomic E-state index is -0.362. The standard InChI is InChI=1S/C51H80O8/c1-4-7-10-13-16-19-22-25-28-31-49(54)57-43-37-38-45(47(53)40-43)46(52)39-35-42-34-36-44(58-50(55)32-29-26-23-20-17-14-11-8-5-2)41-48(42)59-51(56)33-30-27-24-21-18-15-12-9-6-3/h34,36-38,40-41,53H,4-33,35,39H2,1-3H3. The van der Waals surface area contributed by atoms with Gasteiger partial charge in [0.2, 0.25) is 0 Å². The zero-order chi connectivity index (χ0) is 42.8. The first-order chi connectivity index (χ1) is 28.8. The Hall–Kier alpha value is -3.68. The Bertz CT molecular complexity index is 1450. The van der Waals surface area contributed by atoms with Crippen LogP contribution in [0.3, 0.4) is 0 Å². The number of esters is 3. The van der Waals surface area contributed by atoms with Crippen LogP contribution in [0.4, 0.5) is 0 Å². The molecule has 2 aromatic carbocycles. The molecular formula is C51H80O8. The van der Waals surface area contributed by atoms with Crippen LogP contribution in [-0.2, 0) is 20.8 Å². The van der Waals surface area contributed by atoms with E-state index in [1.54, 1.807) is 18.2 Å². The van der Waals surface area contributed by atoms with Gasteiger partial charge < -0.3 is 19.3 Å². The lowest BCUT2D eigenvalue weighted by atomic mass is 10.0. The molecule has 0 bridgehead atoms. The van der Waals surface area contributed by atoms with Gasteiger partial charge in [-0.3, -0.25) is 19.2 Å². The predicted molar refractivity (Wildman–Crippen MR) is 240 cm³/mol. The Morgan fingerprint density at radius 2 is 0.780 bits per heavy atom. The lowest BCUT2D eigenvalue weighted by Gasteiger charge is -2.13. The number of phenols is 1. The summed E-state index contributed by atoms with van der Waals surface area (Å²) in [6.45, 7) is 6.66. The molecule has 0 spiro atoms. The van der Waals surface area contributed by atoms with Crippen molar-refractivity contribution >= 4 is 23.7 Å². The van der Waals surface area contributed by atoms with E-state index in [1.807, 2.05) is 0 Å². The quantitative estimate of drug-likeness (QED) is 0.0310. The van der Waals surface area contributed by atoms with E-state index in [0.717, 1.165) is 57.8 Å². The average Bonchev–Trinajstić information content (AvgIpc) is 3.21. The third kappa shape index (κ3) is 25.5. The second-order valence-corrected chi connectivity index (χ2v) is 16.5. The molecule has 332 valence electrons. The average molecular weight is 821 g/mol. The number of ether oxygens (including phenoxy) is 3. The van der Waals surface area contributed by atoms with Crippen LogP contribution < -0.4 is 14.2 Å². The highest BCUT2D eigenvalue weighted by molar-refractivity contribution is 5.99. The first-order valence-corrected chi connectivity index (χ1v) is 23.9. The number of phenolic OH excluding ortho intramolecular Hbond substituents is 1. The summed E-state index contributed by atoms with van der Waals surface area (Å²) < 4.78 is 16.9. The number of aryl methyl sites for hydroxylation is 1. The fraction of sp³-hybridized carbons (Fsp3) is 0.686. The number of aromatic hydroxyl groups is 1. The molecule has 1 N–H and O–H groups in total. The number of hydrogen-bond donors (Lipinski definition) is 1. The topological polar surface area (TPSA) is 116 Å². The van der Waals surface area contributed by atoms with Gasteiger partial charge in [-0.2, -0.15) is 0 Å².